The van der Waals surface area contributed by atoms with Gasteiger partial charge < -0.3 is 4.84 Å². The van der Waals surface area contributed by atoms with Gasteiger partial charge in [0.25, 0.3) is 0 Å². The molecule has 0 bridgehead atoms. The predicted octanol–water partition coefficient (Wildman–Crippen LogP) is 4.74. The first-order valence-corrected chi connectivity index (χ1v) is 6.86. The first kappa shape index (κ1) is 18.2. The van der Waals surface area contributed by atoms with Crippen LogP contribution in [0, 0.1) is 5.82 Å². The van der Waals surface area contributed by atoms with Gasteiger partial charge in [-0.05, 0) is 23.8 Å². The van der Waals surface area contributed by atoms with Gasteiger partial charge in [-0.3, -0.25) is 0 Å². The molecule has 2 aromatic rings. The maximum atomic E-state index is 13.0. The summed E-state index contributed by atoms with van der Waals surface area (Å²) in [5.74, 6) is -2.04. The van der Waals surface area contributed by atoms with Crippen LogP contribution in [0.15, 0.2) is 35.6 Å². The summed E-state index contributed by atoms with van der Waals surface area (Å²) in [5.41, 5.74) is -1.87. The summed E-state index contributed by atoms with van der Waals surface area (Å²) in [5, 5.41) is 2.63. The molecular weight excluding hydrogens is 375 g/mol. The molecule has 4 nitrogen and oxygen atoms in total. The Hall–Kier alpha value is -2.19. The number of oxime groups is 1. The van der Waals surface area contributed by atoms with E-state index in [0.29, 0.717) is 12.3 Å². The number of alkyl halides is 3. The van der Waals surface area contributed by atoms with E-state index in [9.17, 15) is 22.4 Å². The van der Waals surface area contributed by atoms with E-state index in [1.807, 2.05) is 0 Å². The number of pyridine rings is 1. The Balaban J connectivity index is 2.18. The molecule has 0 saturated heterocycles. The predicted molar refractivity (Wildman–Crippen MR) is 78.7 cm³/mol. The third-order valence-corrected chi connectivity index (χ3v) is 3.17. The minimum absolute atomic E-state index is 0.188. The number of benzene rings is 1. The molecule has 0 saturated carbocycles. The second-order valence-corrected chi connectivity index (χ2v) is 5.13. The third kappa shape index (κ3) is 4.42. The zero-order chi connectivity index (χ0) is 17.9. The topological polar surface area (TPSA) is 51.5 Å². The van der Waals surface area contributed by atoms with E-state index >= 15 is 0 Å². The van der Waals surface area contributed by atoms with Crippen molar-refractivity contribution >= 4 is 35.4 Å². The second kappa shape index (κ2) is 7.14. The number of carbonyl (C=O) groups is 1. The maximum absolute atomic E-state index is 13.0. The molecule has 2 rings (SSSR count). The van der Waals surface area contributed by atoms with Crippen LogP contribution in [0.2, 0.25) is 10.2 Å². The Labute approximate surface area is 142 Å². The van der Waals surface area contributed by atoms with Crippen LogP contribution in [0.3, 0.4) is 0 Å². The molecule has 0 unspecified atom stereocenters. The molecule has 1 heterocycles. The molecule has 0 aliphatic carbocycles. The Morgan fingerprint density at radius 2 is 1.96 bits per heavy atom. The van der Waals surface area contributed by atoms with Crippen LogP contribution in [0.5, 0.6) is 0 Å². The van der Waals surface area contributed by atoms with Crippen LogP contribution < -0.4 is 0 Å². The van der Waals surface area contributed by atoms with E-state index in [2.05, 4.69) is 15.0 Å². The summed E-state index contributed by atoms with van der Waals surface area (Å²) < 4.78 is 51.6. The van der Waals surface area contributed by atoms with Crippen molar-refractivity contribution in [2.45, 2.75) is 6.18 Å². The van der Waals surface area contributed by atoms with E-state index in [-0.39, 0.29) is 10.6 Å². The standard InChI is InChI=1S/C14H6Cl2F4N2O2/c15-10-3-7(1-2-11(10)17)5-22-24-13(23)8-6-21-12(16)4-9(8)14(18,19)20/h1-6H/b22-5+. The number of nitrogens with zero attached hydrogens (tertiary/aromatic N) is 2. The Morgan fingerprint density at radius 1 is 1.25 bits per heavy atom. The summed E-state index contributed by atoms with van der Waals surface area (Å²) >= 11 is 11.0. The van der Waals surface area contributed by atoms with Crippen molar-refractivity contribution in [2.24, 2.45) is 5.16 Å². The van der Waals surface area contributed by atoms with Crippen molar-refractivity contribution in [2.75, 3.05) is 0 Å². The number of rotatable bonds is 3. The summed E-state index contributed by atoms with van der Waals surface area (Å²) in [6.45, 7) is 0. The van der Waals surface area contributed by atoms with Crippen molar-refractivity contribution < 1.29 is 27.2 Å². The van der Waals surface area contributed by atoms with Crippen LogP contribution in [0.1, 0.15) is 21.5 Å². The zero-order valence-corrected chi connectivity index (χ0v) is 13.0. The average Bonchev–Trinajstić information content (AvgIpc) is 2.49. The molecule has 1 aromatic carbocycles. The van der Waals surface area contributed by atoms with Gasteiger partial charge in [-0.15, -0.1) is 0 Å². The molecule has 0 fully saturated rings. The molecule has 24 heavy (non-hydrogen) atoms. The van der Waals surface area contributed by atoms with Gasteiger partial charge in [-0.2, -0.15) is 13.2 Å². The van der Waals surface area contributed by atoms with Gasteiger partial charge in [0.1, 0.15) is 11.0 Å². The monoisotopic (exact) mass is 380 g/mol. The van der Waals surface area contributed by atoms with Crippen LogP contribution in [-0.2, 0) is 11.0 Å². The summed E-state index contributed by atoms with van der Waals surface area (Å²) in [6, 6.07) is 4.03. The SMILES string of the molecule is O=C(O/N=C/c1ccc(F)c(Cl)c1)c1cnc(Cl)cc1C(F)(F)F. The fraction of sp³-hybridized carbons (Fsp3) is 0.0714. The highest BCUT2D eigenvalue weighted by Gasteiger charge is 2.36. The third-order valence-electron chi connectivity index (χ3n) is 2.68. The highest BCUT2D eigenvalue weighted by Crippen LogP contribution is 2.33. The minimum atomic E-state index is -4.82. The largest absolute Gasteiger partial charge is 0.417 e. The molecule has 0 aliphatic heterocycles. The first-order valence-electron chi connectivity index (χ1n) is 6.11. The highest BCUT2D eigenvalue weighted by atomic mass is 35.5. The highest BCUT2D eigenvalue weighted by molar-refractivity contribution is 6.31. The normalized spacial score (nSPS) is 11.8. The summed E-state index contributed by atoms with van der Waals surface area (Å²) in [6.07, 6.45) is -3.20. The second-order valence-electron chi connectivity index (χ2n) is 4.34. The zero-order valence-electron chi connectivity index (χ0n) is 11.4. The molecular formula is C14H6Cl2F4N2O2. The van der Waals surface area contributed by atoms with Crippen LogP contribution in [-0.4, -0.2) is 17.2 Å². The fourth-order valence-electron chi connectivity index (χ4n) is 1.60. The van der Waals surface area contributed by atoms with Gasteiger partial charge in [0.05, 0.1) is 22.4 Å². The maximum Gasteiger partial charge on any atom is 0.417 e. The van der Waals surface area contributed by atoms with Crippen molar-refractivity contribution in [1.82, 2.24) is 4.98 Å². The van der Waals surface area contributed by atoms with Crippen LogP contribution in [0.4, 0.5) is 17.6 Å². The summed E-state index contributed by atoms with van der Waals surface area (Å²) in [4.78, 5) is 19.5. The van der Waals surface area contributed by atoms with Crippen molar-refractivity contribution in [3.8, 4) is 0 Å². The molecule has 0 spiro atoms. The molecule has 0 N–H and O–H groups in total. The molecule has 0 atom stereocenters. The minimum Gasteiger partial charge on any atom is -0.313 e. The van der Waals surface area contributed by atoms with E-state index in [1.165, 1.54) is 12.1 Å². The van der Waals surface area contributed by atoms with Gasteiger partial charge in [0, 0.05) is 6.20 Å². The molecule has 10 heteroatoms. The molecule has 126 valence electrons. The smallest absolute Gasteiger partial charge is 0.313 e. The van der Waals surface area contributed by atoms with Crippen LogP contribution in [0.25, 0.3) is 0 Å². The number of hydrogen-bond donors (Lipinski definition) is 0. The van der Waals surface area contributed by atoms with E-state index in [1.54, 1.807) is 0 Å². The molecule has 0 amide bonds. The van der Waals surface area contributed by atoms with Crippen molar-refractivity contribution in [1.29, 1.82) is 0 Å². The molecule has 0 aliphatic rings. The number of halogens is 6. The lowest BCUT2D eigenvalue weighted by molar-refractivity contribution is -0.138. The van der Waals surface area contributed by atoms with E-state index in [0.717, 1.165) is 12.3 Å². The fourth-order valence-corrected chi connectivity index (χ4v) is 1.95. The number of hydrogen-bond acceptors (Lipinski definition) is 4. The number of aromatic nitrogens is 1. The Morgan fingerprint density at radius 3 is 2.58 bits per heavy atom. The Bertz CT molecular complexity index is 810. The lowest BCUT2D eigenvalue weighted by Crippen LogP contribution is -2.14. The molecule has 1 aromatic heterocycles. The van der Waals surface area contributed by atoms with Gasteiger partial charge >= 0.3 is 12.1 Å². The van der Waals surface area contributed by atoms with Gasteiger partial charge in [0.15, 0.2) is 0 Å². The van der Waals surface area contributed by atoms with Gasteiger partial charge in [-0.1, -0.05) is 34.4 Å². The first-order chi connectivity index (χ1) is 11.2. The average molecular weight is 381 g/mol. The van der Waals surface area contributed by atoms with Crippen LogP contribution >= 0.6 is 23.2 Å². The van der Waals surface area contributed by atoms with Crippen molar-refractivity contribution in [3.05, 3.63) is 63.1 Å². The van der Waals surface area contributed by atoms with Crippen molar-refractivity contribution in [3.63, 3.8) is 0 Å². The lowest BCUT2D eigenvalue weighted by atomic mass is 10.1. The van der Waals surface area contributed by atoms with E-state index < -0.39 is 34.2 Å². The molecule has 0 radical (unpaired) electrons. The van der Waals surface area contributed by atoms with Gasteiger partial charge in [0.2, 0.25) is 0 Å². The quantitative estimate of drug-likeness (QED) is 0.254. The Kier molecular flexibility index (Phi) is 5.40. The lowest BCUT2D eigenvalue weighted by Gasteiger charge is -2.10. The van der Waals surface area contributed by atoms with E-state index in [4.69, 9.17) is 23.2 Å². The van der Waals surface area contributed by atoms with Gasteiger partial charge in [-0.25, -0.2) is 14.2 Å². The summed E-state index contributed by atoms with van der Waals surface area (Å²) in [7, 11) is 0. The number of carbonyl (C=O) groups excluding carboxylic acids is 1.